The molecule has 0 saturated carbocycles. The molecule has 4 rings (SSSR count). The van der Waals surface area contributed by atoms with Crippen LogP contribution in [0.5, 0.6) is 5.88 Å². The first-order chi connectivity index (χ1) is 16.9. The maximum absolute atomic E-state index is 14.3. The van der Waals surface area contributed by atoms with Gasteiger partial charge in [-0.1, -0.05) is 6.07 Å². The highest BCUT2D eigenvalue weighted by Crippen LogP contribution is 2.25. The number of carbonyl (C=O) groups excluding carboxylic acids is 1. The van der Waals surface area contributed by atoms with E-state index < -0.39 is 21.3 Å². The Morgan fingerprint density at radius 2 is 1.83 bits per heavy atom. The van der Waals surface area contributed by atoms with E-state index in [1.54, 1.807) is 21.7 Å². The van der Waals surface area contributed by atoms with Crippen LogP contribution in [-0.4, -0.2) is 70.0 Å². The van der Waals surface area contributed by atoms with Crippen LogP contribution < -0.4 is 4.74 Å². The minimum Gasteiger partial charge on any atom is -0.474 e. The fraction of sp³-hybridized carbons (Fsp3) is 0.417. The van der Waals surface area contributed by atoms with Crippen molar-refractivity contribution < 1.29 is 27.1 Å². The highest BCUT2D eigenvalue weighted by molar-refractivity contribution is 7.90. The van der Waals surface area contributed by atoms with E-state index in [2.05, 4.69) is 15.0 Å². The van der Waals surface area contributed by atoms with Crippen LogP contribution in [-0.2, 0) is 14.6 Å². The van der Waals surface area contributed by atoms with E-state index in [0.29, 0.717) is 48.9 Å². The van der Waals surface area contributed by atoms with E-state index in [9.17, 15) is 17.6 Å². The van der Waals surface area contributed by atoms with Crippen LogP contribution in [0.4, 0.5) is 9.18 Å². The van der Waals surface area contributed by atoms with Gasteiger partial charge < -0.3 is 14.4 Å². The monoisotopic (exact) mass is 517 g/mol. The van der Waals surface area contributed by atoms with Crippen molar-refractivity contribution in [2.75, 3.05) is 19.3 Å². The van der Waals surface area contributed by atoms with Gasteiger partial charge in [0.2, 0.25) is 5.88 Å². The maximum Gasteiger partial charge on any atom is 0.410 e. The molecule has 2 aromatic heterocycles. The smallest absolute Gasteiger partial charge is 0.410 e. The lowest BCUT2D eigenvalue weighted by molar-refractivity contribution is 0.0123. The SMILES string of the molecule is CC(C)(C)OC(=O)N1CCC(Oc2cc(-n3cnc(-c4ccc(S(C)(=O)=O)c(F)c4)c3)ncn2)CC1. The molecule has 0 bridgehead atoms. The van der Waals surface area contributed by atoms with Crippen molar-refractivity contribution in [3.63, 3.8) is 0 Å². The van der Waals surface area contributed by atoms with Crippen molar-refractivity contribution in [1.82, 2.24) is 24.4 Å². The average molecular weight is 518 g/mol. The van der Waals surface area contributed by atoms with Crippen LogP contribution in [0.3, 0.4) is 0 Å². The van der Waals surface area contributed by atoms with Crippen molar-refractivity contribution in [3.8, 4) is 23.0 Å². The van der Waals surface area contributed by atoms with Crippen molar-refractivity contribution in [3.05, 3.63) is 48.9 Å². The molecule has 1 aliphatic rings. The van der Waals surface area contributed by atoms with Crippen LogP contribution in [0.15, 0.2) is 48.0 Å². The Labute approximate surface area is 209 Å². The molecule has 192 valence electrons. The summed E-state index contributed by atoms with van der Waals surface area (Å²) in [6, 6.07) is 5.54. The van der Waals surface area contributed by atoms with Gasteiger partial charge in [0, 0.05) is 50.0 Å². The molecule has 1 aromatic carbocycles. The van der Waals surface area contributed by atoms with Crippen LogP contribution in [0, 0.1) is 5.82 Å². The Hall–Kier alpha value is -3.54. The quantitative estimate of drug-likeness (QED) is 0.504. The van der Waals surface area contributed by atoms with E-state index in [1.165, 1.54) is 24.8 Å². The van der Waals surface area contributed by atoms with Crippen molar-refractivity contribution in [2.45, 2.75) is 50.2 Å². The molecule has 0 unspecified atom stereocenters. The summed E-state index contributed by atoms with van der Waals surface area (Å²) in [5.74, 6) is 0.0488. The summed E-state index contributed by atoms with van der Waals surface area (Å²) in [7, 11) is -3.66. The third kappa shape index (κ3) is 6.17. The predicted octanol–water partition coefficient (Wildman–Crippen LogP) is 3.65. The molecule has 0 N–H and O–H groups in total. The van der Waals surface area contributed by atoms with Crippen molar-refractivity contribution in [2.24, 2.45) is 0 Å². The minimum absolute atomic E-state index is 0.110. The fourth-order valence-electron chi connectivity index (χ4n) is 3.75. The lowest BCUT2D eigenvalue weighted by atomic mass is 10.1. The number of rotatable bonds is 5. The zero-order valence-corrected chi connectivity index (χ0v) is 21.3. The molecule has 0 atom stereocenters. The molecule has 0 aliphatic carbocycles. The second-order valence-corrected chi connectivity index (χ2v) is 11.6. The number of imidazole rings is 1. The number of hydrogen-bond acceptors (Lipinski definition) is 8. The summed E-state index contributed by atoms with van der Waals surface area (Å²) in [5.41, 5.74) is 0.341. The molecule has 0 spiro atoms. The molecule has 10 nitrogen and oxygen atoms in total. The number of aromatic nitrogens is 4. The number of ether oxygens (including phenoxy) is 2. The number of piperidine rings is 1. The standard InChI is InChI=1S/C24H28FN5O5S/c1-24(2,3)35-23(31)29-9-7-17(8-10-29)34-22-12-21(26-14-27-22)30-13-19(28-15-30)16-5-6-20(18(25)11-16)36(4,32)33/h5-6,11-15,17H,7-10H2,1-4H3. The summed E-state index contributed by atoms with van der Waals surface area (Å²) in [6.45, 7) is 6.56. The Bertz CT molecular complexity index is 1360. The van der Waals surface area contributed by atoms with Gasteiger partial charge in [0.15, 0.2) is 9.84 Å². The highest BCUT2D eigenvalue weighted by Gasteiger charge is 2.28. The second-order valence-electron chi connectivity index (χ2n) is 9.58. The van der Waals surface area contributed by atoms with Crippen molar-refractivity contribution in [1.29, 1.82) is 0 Å². The van der Waals surface area contributed by atoms with E-state index in [0.717, 1.165) is 12.3 Å². The summed E-state index contributed by atoms with van der Waals surface area (Å²) in [5, 5.41) is 0. The molecular formula is C24H28FN5O5S. The third-order valence-corrected chi connectivity index (χ3v) is 6.61. The number of sulfone groups is 1. The molecule has 1 fully saturated rings. The molecule has 1 saturated heterocycles. The Morgan fingerprint density at radius 1 is 1.11 bits per heavy atom. The number of likely N-dealkylation sites (tertiary alicyclic amines) is 1. The number of benzene rings is 1. The number of carbonyl (C=O) groups is 1. The Morgan fingerprint density at radius 3 is 2.47 bits per heavy atom. The zero-order chi connectivity index (χ0) is 26.1. The molecule has 1 amide bonds. The van der Waals surface area contributed by atoms with Gasteiger partial charge in [-0.15, -0.1) is 0 Å². The first-order valence-corrected chi connectivity index (χ1v) is 13.3. The van der Waals surface area contributed by atoms with Gasteiger partial charge in [0.1, 0.15) is 40.9 Å². The average Bonchev–Trinajstić information content (AvgIpc) is 3.28. The summed E-state index contributed by atoms with van der Waals surface area (Å²) in [6.07, 6.45) is 6.35. The molecular weight excluding hydrogens is 489 g/mol. The first-order valence-electron chi connectivity index (χ1n) is 11.4. The maximum atomic E-state index is 14.3. The summed E-state index contributed by atoms with van der Waals surface area (Å²) in [4.78, 5) is 26.3. The number of hydrogen-bond donors (Lipinski definition) is 0. The zero-order valence-electron chi connectivity index (χ0n) is 20.5. The van der Waals surface area contributed by atoms with Gasteiger partial charge in [0.05, 0.1) is 5.69 Å². The van der Waals surface area contributed by atoms with Crippen molar-refractivity contribution >= 4 is 15.9 Å². The number of halogens is 1. The van der Waals surface area contributed by atoms with Crippen LogP contribution in [0.1, 0.15) is 33.6 Å². The van der Waals surface area contributed by atoms with E-state index in [1.807, 2.05) is 20.8 Å². The van der Waals surface area contributed by atoms with E-state index in [-0.39, 0.29) is 17.1 Å². The minimum atomic E-state index is -3.66. The molecule has 3 heterocycles. The van der Waals surface area contributed by atoms with Crippen LogP contribution in [0.25, 0.3) is 17.1 Å². The molecule has 3 aromatic rings. The summed E-state index contributed by atoms with van der Waals surface area (Å²) < 4.78 is 50.7. The predicted molar refractivity (Wildman–Crippen MR) is 129 cm³/mol. The topological polar surface area (TPSA) is 117 Å². The first kappa shape index (κ1) is 25.5. The molecule has 36 heavy (non-hydrogen) atoms. The van der Waals surface area contributed by atoms with Gasteiger partial charge in [-0.25, -0.2) is 32.6 Å². The Kier molecular flexibility index (Phi) is 6.98. The third-order valence-electron chi connectivity index (χ3n) is 5.48. The molecule has 1 aliphatic heterocycles. The molecule has 12 heteroatoms. The lowest BCUT2D eigenvalue weighted by Crippen LogP contribution is -2.44. The largest absolute Gasteiger partial charge is 0.474 e. The van der Waals surface area contributed by atoms with Gasteiger partial charge in [-0.2, -0.15) is 0 Å². The Balaban J connectivity index is 1.41. The van der Waals surface area contributed by atoms with E-state index in [4.69, 9.17) is 9.47 Å². The highest BCUT2D eigenvalue weighted by atomic mass is 32.2. The number of nitrogens with zero attached hydrogens (tertiary/aromatic N) is 5. The molecule has 0 radical (unpaired) electrons. The summed E-state index contributed by atoms with van der Waals surface area (Å²) >= 11 is 0. The van der Waals surface area contributed by atoms with Gasteiger partial charge >= 0.3 is 6.09 Å². The van der Waals surface area contributed by atoms with Gasteiger partial charge in [0.25, 0.3) is 0 Å². The van der Waals surface area contributed by atoms with Gasteiger partial charge in [-0.05, 0) is 32.9 Å². The van der Waals surface area contributed by atoms with Crippen LogP contribution >= 0.6 is 0 Å². The lowest BCUT2D eigenvalue weighted by Gasteiger charge is -2.33. The number of amides is 1. The fourth-order valence-corrected chi connectivity index (χ4v) is 4.48. The normalized spacial score (nSPS) is 15.1. The van der Waals surface area contributed by atoms with E-state index >= 15 is 0 Å². The van der Waals surface area contributed by atoms with Crippen LogP contribution in [0.2, 0.25) is 0 Å². The van der Waals surface area contributed by atoms with Gasteiger partial charge in [-0.3, -0.25) is 4.57 Å². The second kappa shape index (κ2) is 9.84.